The van der Waals surface area contributed by atoms with Crippen LogP contribution in [0.4, 0.5) is 20.2 Å². The zero-order chi connectivity index (χ0) is 17.0. The first-order valence-corrected chi connectivity index (χ1v) is 7.55. The van der Waals surface area contributed by atoms with E-state index in [4.69, 9.17) is 11.6 Å². The van der Waals surface area contributed by atoms with E-state index in [1.165, 1.54) is 18.2 Å². The lowest BCUT2D eigenvalue weighted by Gasteiger charge is -2.07. The number of hydrogen-bond donors (Lipinski definition) is 1. The molecule has 9 heteroatoms. The first-order chi connectivity index (χ1) is 10.9. The van der Waals surface area contributed by atoms with Crippen molar-refractivity contribution in [3.8, 4) is 0 Å². The Kier molecular flexibility index (Phi) is 5.51. The Morgan fingerprint density at radius 3 is 2.61 bits per heavy atom. The number of halogens is 3. The lowest BCUT2D eigenvalue weighted by atomic mass is 10.3. The van der Waals surface area contributed by atoms with Crippen LogP contribution >= 0.6 is 23.4 Å². The van der Waals surface area contributed by atoms with E-state index in [2.05, 4.69) is 5.32 Å². The van der Waals surface area contributed by atoms with Crippen LogP contribution in [0.1, 0.15) is 0 Å². The second-order valence-electron chi connectivity index (χ2n) is 4.33. The molecule has 0 aliphatic carbocycles. The van der Waals surface area contributed by atoms with Crippen molar-refractivity contribution in [2.75, 3.05) is 11.1 Å². The number of amides is 1. The monoisotopic (exact) mass is 358 g/mol. The number of nitrogens with one attached hydrogen (secondary N) is 1. The van der Waals surface area contributed by atoms with Crippen LogP contribution in [0.3, 0.4) is 0 Å². The minimum absolute atomic E-state index is 0.0190. The maximum Gasteiger partial charge on any atom is 0.271 e. The van der Waals surface area contributed by atoms with E-state index in [0.29, 0.717) is 0 Å². The van der Waals surface area contributed by atoms with Gasteiger partial charge in [-0.15, -0.1) is 11.8 Å². The summed E-state index contributed by atoms with van der Waals surface area (Å²) in [7, 11) is 0. The van der Waals surface area contributed by atoms with E-state index < -0.39 is 22.5 Å². The van der Waals surface area contributed by atoms with E-state index in [0.717, 1.165) is 30.0 Å². The third kappa shape index (κ3) is 4.64. The fourth-order valence-electron chi connectivity index (χ4n) is 1.64. The van der Waals surface area contributed by atoms with E-state index in [1.54, 1.807) is 0 Å². The number of carbonyl (C=O) groups excluding carboxylic acids is 1. The van der Waals surface area contributed by atoms with Crippen LogP contribution in [0.5, 0.6) is 0 Å². The Morgan fingerprint density at radius 1 is 1.26 bits per heavy atom. The van der Waals surface area contributed by atoms with E-state index in [1.807, 2.05) is 0 Å². The molecule has 23 heavy (non-hydrogen) atoms. The molecule has 0 aliphatic heterocycles. The third-order valence-electron chi connectivity index (χ3n) is 2.69. The molecule has 0 saturated heterocycles. The highest BCUT2D eigenvalue weighted by Crippen LogP contribution is 2.27. The van der Waals surface area contributed by atoms with Gasteiger partial charge < -0.3 is 5.32 Å². The standard InChI is InChI=1S/C14H9ClF2N2O3S/c15-10-6-9(19(21)22)2-3-12(10)18-14(20)7-23-13-4-1-8(16)5-11(13)17/h1-6H,7H2,(H,18,20). The maximum atomic E-state index is 13.4. The Balaban J connectivity index is 1.98. The number of thioether (sulfide) groups is 1. The van der Waals surface area contributed by atoms with Crippen LogP contribution < -0.4 is 5.32 Å². The molecule has 2 rings (SSSR count). The van der Waals surface area contributed by atoms with Gasteiger partial charge in [-0.05, 0) is 18.2 Å². The molecule has 1 N–H and O–H groups in total. The molecule has 0 radical (unpaired) electrons. The fourth-order valence-corrected chi connectivity index (χ4v) is 2.58. The first kappa shape index (κ1) is 17.2. The van der Waals surface area contributed by atoms with Gasteiger partial charge in [-0.2, -0.15) is 0 Å². The van der Waals surface area contributed by atoms with Crippen molar-refractivity contribution < 1.29 is 18.5 Å². The Morgan fingerprint density at radius 2 is 2.00 bits per heavy atom. The predicted molar refractivity (Wildman–Crippen MR) is 83.8 cm³/mol. The average Bonchev–Trinajstić information content (AvgIpc) is 2.48. The summed E-state index contributed by atoms with van der Waals surface area (Å²) in [4.78, 5) is 21.9. The molecular weight excluding hydrogens is 350 g/mol. The van der Waals surface area contributed by atoms with Crippen molar-refractivity contribution in [1.82, 2.24) is 0 Å². The lowest BCUT2D eigenvalue weighted by molar-refractivity contribution is -0.384. The van der Waals surface area contributed by atoms with Crippen LogP contribution in [-0.4, -0.2) is 16.6 Å². The van der Waals surface area contributed by atoms with Crippen molar-refractivity contribution >= 4 is 40.6 Å². The molecule has 0 aliphatic rings. The molecule has 0 bridgehead atoms. The molecule has 0 aromatic heterocycles. The number of anilines is 1. The number of hydrogen-bond acceptors (Lipinski definition) is 4. The van der Waals surface area contributed by atoms with Crippen molar-refractivity contribution in [3.05, 3.63) is 63.2 Å². The molecule has 0 unspecified atom stereocenters. The summed E-state index contributed by atoms with van der Waals surface area (Å²) in [5, 5.41) is 13.1. The van der Waals surface area contributed by atoms with E-state index in [-0.39, 0.29) is 27.0 Å². The highest BCUT2D eigenvalue weighted by molar-refractivity contribution is 8.00. The summed E-state index contributed by atoms with van der Waals surface area (Å²) >= 11 is 6.74. The van der Waals surface area contributed by atoms with Crippen molar-refractivity contribution in [3.63, 3.8) is 0 Å². The van der Waals surface area contributed by atoms with Gasteiger partial charge in [0.05, 0.1) is 21.4 Å². The largest absolute Gasteiger partial charge is 0.324 e. The Labute approximate surface area is 138 Å². The third-order valence-corrected chi connectivity index (χ3v) is 4.05. The molecular formula is C14H9ClF2N2O3S. The number of nitro groups is 1. The zero-order valence-electron chi connectivity index (χ0n) is 11.4. The molecule has 2 aromatic rings. The predicted octanol–water partition coefficient (Wildman–Crippen LogP) is 4.26. The summed E-state index contributed by atoms with van der Waals surface area (Å²) in [6, 6.07) is 6.69. The maximum absolute atomic E-state index is 13.4. The summed E-state index contributed by atoms with van der Waals surface area (Å²) in [5.41, 5.74) is 0.0122. The number of nitrogens with zero attached hydrogens (tertiary/aromatic N) is 1. The minimum Gasteiger partial charge on any atom is -0.324 e. The zero-order valence-corrected chi connectivity index (χ0v) is 13.0. The van der Waals surface area contributed by atoms with Crippen molar-refractivity contribution in [1.29, 1.82) is 0 Å². The molecule has 0 atom stereocenters. The van der Waals surface area contributed by atoms with Gasteiger partial charge in [-0.1, -0.05) is 11.6 Å². The molecule has 2 aromatic carbocycles. The van der Waals surface area contributed by atoms with Gasteiger partial charge >= 0.3 is 0 Å². The minimum atomic E-state index is -0.754. The average molecular weight is 359 g/mol. The van der Waals surface area contributed by atoms with Crippen LogP contribution in [-0.2, 0) is 4.79 Å². The number of nitro benzene ring substituents is 1. The summed E-state index contributed by atoms with van der Waals surface area (Å²) in [5.74, 6) is -2.06. The number of non-ortho nitro benzene ring substituents is 1. The SMILES string of the molecule is O=C(CSc1ccc(F)cc1F)Nc1ccc([N+](=O)[O-])cc1Cl. The quantitative estimate of drug-likeness (QED) is 0.492. The Hall–Kier alpha value is -2.19. The van der Waals surface area contributed by atoms with Crippen molar-refractivity contribution in [2.45, 2.75) is 4.90 Å². The number of benzene rings is 2. The molecule has 0 fully saturated rings. The van der Waals surface area contributed by atoms with Crippen LogP contribution in [0.2, 0.25) is 5.02 Å². The van der Waals surface area contributed by atoms with Gasteiger partial charge in [-0.25, -0.2) is 8.78 Å². The Bertz CT molecular complexity index is 774. The highest BCUT2D eigenvalue weighted by atomic mass is 35.5. The van der Waals surface area contributed by atoms with E-state index in [9.17, 15) is 23.7 Å². The molecule has 0 saturated carbocycles. The smallest absolute Gasteiger partial charge is 0.271 e. The summed E-state index contributed by atoms with van der Waals surface area (Å²) < 4.78 is 26.2. The molecule has 1 amide bonds. The van der Waals surface area contributed by atoms with Gasteiger partial charge in [0.25, 0.3) is 5.69 Å². The lowest BCUT2D eigenvalue weighted by Crippen LogP contribution is -2.14. The summed E-state index contributed by atoms with van der Waals surface area (Å²) in [6.07, 6.45) is 0. The molecule has 5 nitrogen and oxygen atoms in total. The van der Waals surface area contributed by atoms with E-state index >= 15 is 0 Å². The molecule has 120 valence electrons. The number of rotatable bonds is 5. The fraction of sp³-hybridized carbons (Fsp3) is 0.0714. The molecule has 0 heterocycles. The van der Waals surface area contributed by atoms with Gasteiger partial charge in [0, 0.05) is 23.1 Å². The summed E-state index contributed by atoms with van der Waals surface area (Å²) in [6.45, 7) is 0. The van der Waals surface area contributed by atoms with Crippen molar-refractivity contribution in [2.24, 2.45) is 0 Å². The second-order valence-corrected chi connectivity index (χ2v) is 5.76. The highest BCUT2D eigenvalue weighted by Gasteiger charge is 2.12. The van der Waals surface area contributed by atoms with Gasteiger partial charge in [0.2, 0.25) is 5.91 Å². The van der Waals surface area contributed by atoms with Gasteiger partial charge in [0.15, 0.2) is 0 Å². The van der Waals surface area contributed by atoms with Crippen LogP contribution in [0.15, 0.2) is 41.3 Å². The van der Waals surface area contributed by atoms with Gasteiger partial charge in [0.1, 0.15) is 11.6 Å². The number of carbonyl (C=O) groups is 1. The molecule has 0 spiro atoms. The van der Waals surface area contributed by atoms with Crippen LogP contribution in [0, 0.1) is 21.7 Å². The second kappa shape index (κ2) is 7.38. The normalized spacial score (nSPS) is 10.4. The first-order valence-electron chi connectivity index (χ1n) is 6.18. The van der Waals surface area contributed by atoms with Gasteiger partial charge in [-0.3, -0.25) is 14.9 Å². The van der Waals surface area contributed by atoms with Crippen LogP contribution in [0.25, 0.3) is 0 Å². The topological polar surface area (TPSA) is 72.2 Å².